The van der Waals surface area contributed by atoms with E-state index in [0.717, 1.165) is 0 Å². The first kappa shape index (κ1) is 23.1. The van der Waals surface area contributed by atoms with Crippen molar-refractivity contribution >= 4 is 23.3 Å². The molecule has 9 nitrogen and oxygen atoms in total. The van der Waals surface area contributed by atoms with Gasteiger partial charge in [-0.05, 0) is 32.0 Å². The van der Waals surface area contributed by atoms with E-state index in [1.807, 2.05) is 20.2 Å². The number of carbonyl (C=O) groups excluding carboxylic acids is 1. The van der Waals surface area contributed by atoms with Crippen molar-refractivity contribution in [1.82, 2.24) is 14.9 Å². The minimum atomic E-state index is -0.471. The van der Waals surface area contributed by atoms with Gasteiger partial charge in [0.2, 0.25) is 5.88 Å². The topological polar surface area (TPSA) is 104 Å². The number of nitrogens with one attached hydrogen (secondary N) is 1. The van der Waals surface area contributed by atoms with Crippen LogP contribution in [0.2, 0.25) is 0 Å². The molecule has 10 heteroatoms. The smallest absolute Gasteiger partial charge is 0.410 e. The number of nitrogens with zero attached hydrogens (tertiary/aromatic N) is 5. The Morgan fingerprint density at radius 2 is 2.03 bits per heavy atom. The molecule has 3 rings (SSSR count). The Morgan fingerprint density at radius 3 is 2.62 bits per heavy atom. The molecule has 0 unspecified atom stereocenters. The van der Waals surface area contributed by atoms with E-state index in [9.17, 15) is 14.4 Å². The summed E-state index contributed by atoms with van der Waals surface area (Å²) in [6.07, 6.45) is 1.68. The van der Waals surface area contributed by atoms with Gasteiger partial charge in [-0.15, -0.1) is 0 Å². The number of carbonyl (C=O) groups is 1. The Hall–Kier alpha value is -3.61. The van der Waals surface area contributed by atoms with Crippen molar-refractivity contribution in [2.75, 3.05) is 37.4 Å². The van der Waals surface area contributed by atoms with Gasteiger partial charge in [-0.25, -0.2) is 19.2 Å². The number of benzene rings is 1. The average molecular weight is 442 g/mol. The number of rotatable bonds is 6. The zero-order valence-electron chi connectivity index (χ0n) is 18.6. The second-order valence-corrected chi connectivity index (χ2v) is 7.93. The predicted octanol–water partition coefficient (Wildman–Crippen LogP) is 3.69. The van der Waals surface area contributed by atoms with Crippen LogP contribution in [0.1, 0.15) is 32.3 Å². The van der Waals surface area contributed by atoms with Crippen molar-refractivity contribution in [3.05, 3.63) is 35.9 Å². The first-order valence-electron chi connectivity index (χ1n) is 10.4. The normalized spacial score (nSPS) is 14.1. The monoisotopic (exact) mass is 442 g/mol. The number of hydrogen-bond donors (Lipinski definition) is 1. The van der Waals surface area contributed by atoms with Gasteiger partial charge in [0, 0.05) is 45.7 Å². The third-order valence-corrected chi connectivity index (χ3v) is 4.96. The highest BCUT2D eigenvalue weighted by molar-refractivity contribution is 5.68. The summed E-state index contributed by atoms with van der Waals surface area (Å²) in [4.78, 5) is 23.6. The van der Waals surface area contributed by atoms with E-state index in [1.165, 1.54) is 12.4 Å². The summed E-state index contributed by atoms with van der Waals surface area (Å²) in [7, 11) is 3.64. The summed E-state index contributed by atoms with van der Waals surface area (Å²) in [5.74, 6) is -0.188. The zero-order chi connectivity index (χ0) is 23.3. The fourth-order valence-electron chi connectivity index (χ4n) is 3.26. The molecular formula is C22H27FN6O3. The second kappa shape index (κ2) is 10.1. The number of halogens is 1. The van der Waals surface area contributed by atoms with Crippen molar-refractivity contribution in [2.45, 2.75) is 38.9 Å². The molecule has 1 aliphatic rings. The SMILES string of the molecule is CC(C)OC(=O)N1CCC(Oc2ncnc(Nc3ccc(N(C)C)cc3F)c2C#N)CC1. The first-order chi connectivity index (χ1) is 15.3. The van der Waals surface area contributed by atoms with Crippen LogP contribution < -0.4 is 15.0 Å². The molecule has 0 saturated carbocycles. The number of ether oxygens (including phenoxy) is 2. The van der Waals surface area contributed by atoms with E-state index in [1.54, 1.807) is 35.8 Å². The molecule has 32 heavy (non-hydrogen) atoms. The van der Waals surface area contributed by atoms with Gasteiger partial charge in [0.1, 0.15) is 24.3 Å². The van der Waals surface area contributed by atoms with E-state index >= 15 is 0 Å². The molecule has 1 aliphatic heterocycles. The molecule has 1 amide bonds. The highest BCUT2D eigenvalue weighted by atomic mass is 19.1. The lowest BCUT2D eigenvalue weighted by Crippen LogP contribution is -2.42. The highest BCUT2D eigenvalue weighted by Gasteiger charge is 2.27. The quantitative estimate of drug-likeness (QED) is 0.723. The summed E-state index contributed by atoms with van der Waals surface area (Å²) in [6, 6.07) is 6.78. The number of anilines is 3. The van der Waals surface area contributed by atoms with Gasteiger partial charge in [-0.2, -0.15) is 5.26 Å². The molecular weight excluding hydrogens is 415 g/mol. The molecule has 1 fully saturated rings. The van der Waals surface area contributed by atoms with Crippen LogP contribution >= 0.6 is 0 Å². The van der Waals surface area contributed by atoms with E-state index in [4.69, 9.17) is 9.47 Å². The number of amides is 1. The fraction of sp³-hybridized carbons (Fsp3) is 0.455. The lowest BCUT2D eigenvalue weighted by Gasteiger charge is -2.31. The van der Waals surface area contributed by atoms with Gasteiger partial charge in [-0.1, -0.05) is 0 Å². The van der Waals surface area contributed by atoms with Crippen molar-refractivity contribution in [3.8, 4) is 11.9 Å². The molecule has 0 spiro atoms. The fourth-order valence-corrected chi connectivity index (χ4v) is 3.26. The number of hydrogen-bond acceptors (Lipinski definition) is 8. The highest BCUT2D eigenvalue weighted by Crippen LogP contribution is 2.29. The van der Waals surface area contributed by atoms with E-state index in [-0.39, 0.29) is 41.2 Å². The summed E-state index contributed by atoms with van der Waals surface area (Å²) in [6.45, 7) is 4.58. The minimum Gasteiger partial charge on any atom is -0.473 e. The first-order valence-corrected chi connectivity index (χ1v) is 10.4. The lowest BCUT2D eigenvalue weighted by molar-refractivity contribution is 0.0506. The Bertz CT molecular complexity index is 1000. The maximum absolute atomic E-state index is 14.5. The Morgan fingerprint density at radius 1 is 1.31 bits per heavy atom. The van der Waals surface area contributed by atoms with Crippen LogP contribution in [-0.2, 0) is 4.74 Å². The number of aromatic nitrogens is 2. The maximum atomic E-state index is 14.5. The van der Waals surface area contributed by atoms with Gasteiger partial charge >= 0.3 is 6.09 Å². The predicted molar refractivity (Wildman–Crippen MR) is 118 cm³/mol. The molecule has 0 atom stereocenters. The van der Waals surface area contributed by atoms with Crippen LogP contribution in [0.15, 0.2) is 24.5 Å². The summed E-state index contributed by atoms with van der Waals surface area (Å²) in [5.41, 5.74) is 0.989. The van der Waals surface area contributed by atoms with Crippen LogP contribution in [-0.4, -0.2) is 60.4 Å². The second-order valence-electron chi connectivity index (χ2n) is 7.93. The zero-order valence-corrected chi connectivity index (χ0v) is 18.6. The molecule has 170 valence electrons. The molecule has 0 aliphatic carbocycles. The summed E-state index contributed by atoms with van der Waals surface area (Å²) >= 11 is 0. The van der Waals surface area contributed by atoms with Crippen molar-refractivity contribution in [2.24, 2.45) is 0 Å². The third-order valence-electron chi connectivity index (χ3n) is 4.96. The van der Waals surface area contributed by atoms with Crippen LogP contribution in [0.4, 0.5) is 26.4 Å². The van der Waals surface area contributed by atoms with Gasteiger partial charge in [0.15, 0.2) is 11.4 Å². The largest absolute Gasteiger partial charge is 0.473 e. The minimum absolute atomic E-state index is 0.0882. The molecule has 1 N–H and O–H groups in total. The van der Waals surface area contributed by atoms with Crippen LogP contribution in [0, 0.1) is 17.1 Å². The van der Waals surface area contributed by atoms with Crippen molar-refractivity contribution < 1.29 is 18.7 Å². The maximum Gasteiger partial charge on any atom is 0.410 e. The Labute approximate surface area is 186 Å². The third kappa shape index (κ3) is 5.55. The van der Waals surface area contributed by atoms with Gasteiger partial charge in [0.25, 0.3) is 0 Å². The molecule has 0 bridgehead atoms. The molecule has 0 radical (unpaired) electrons. The van der Waals surface area contributed by atoms with Crippen LogP contribution in [0.5, 0.6) is 5.88 Å². The molecule has 2 heterocycles. The Kier molecular flexibility index (Phi) is 7.30. The molecule has 1 saturated heterocycles. The summed E-state index contributed by atoms with van der Waals surface area (Å²) in [5, 5.41) is 12.5. The van der Waals surface area contributed by atoms with E-state index < -0.39 is 5.82 Å². The van der Waals surface area contributed by atoms with Gasteiger partial charge in [-0.3, -0.25) is 0 Å². The van der Waals surface area contributed by atoms with Crippen molar-refractivity contribution in [1.29, 1.82) is 5.26 Å². The number of nitriles is 1. The van der Waals surface area contributed by atoms with Gasteiger partial charge in [0.05, 0.1) is 11.8 Å². The summed E-state index contributed by atoms with van der Waals surface area (Å²) < 4.78 is 25.7. The lowest BCUT2D eigenvalue weighted by atomic mass is 10.1. The van der Waals surface area contributed by atoms with Gasteiger partial charge < -0.3 is 24.6 Å². The van der Waals surface area contributed by atoms with E-state index in [2.05, 4.69) is 15.3 Å². The van der Waals surface area contributed by atoms with Crippen molar-refractivity contribution in [3.63, 3.8) is 0 Å². The Balaban J connectivity index is 1.69. The molecule has 2 aromatic rings. The van der Waals surface area contributed by atoms with E-state index in [0.29, 0.717) is 31.6 Å². The molecule has 1 aromatic heterocycles. The van der Waals surface area contributed by atoms with Crippen LogP contribution in [0.25, 0.3) is 0 Å². The molecule has 1 aromatic carbocycles. The number of piperidine rings is 1. The van der Waals surface area contributed by atoms with Crippen LogP contribution in [0.3, 0.4) is 0 Å². The average Bonchev–Trinajstić information content (AvgIpc) is 2.75. The number of likely N-dealkylation sites (tertiary alicyclic amines) is 1. The standard InChI is InChI=1S/C22H27FN6O3/c1-14(2)31-22(30)29-9-7-16(8-10-29)32-21-17(12-24)20(25-13-26-21)27-19-6-5-15(28(3)4)11-18(19)23/h5-6,11,13-14,16H,7-10H2,1-4H3,(H,25,26,27).